The number of carboxylic acids is 3. The highest BCUT2D eigenvalue weighted by atomic mass is 16.4. The molecule has 0 aliphatic heterocycles. The van der Waals surface area contributed by atoms with Crippen molar-refractivity contribution in [2.75, 3.05) is 26.2 Å². The van der Waals surface area contributed by atoms with E-state index in [9.17, 15) is 14.4 Å². The van der Waals surface area contributed by atoms with Crippen molar-refractivity contribution in [2.45, 2.75) is 155 Å². The van der Waals surface area contributed by atoms with Gasteiger partial charge >= 0.3 is 17.9 Å². The van der Waals surface area contributed by atoms with Gasteiger partial charge in [0, 0.05) is 0 Å². The molecule has 0 atom stereocenters. The number of unbranched alkanes of at least 4 members (excludes halogenated alkanes) is 18. The van der Waals surface area contributed by atoms with Gasteiger partial charge < -0.3 is 19.8 Å². The minimum absolute atomic E-state index is 0.0726. The number of carboxylic acid groups (broad SMARTS) is 3. The van der Waals surface area contributed by atoms with Gasteiger partial charge in [-0.3, -0.25) is 14.4 Å². The molecule has 0 saturated heterocycles. The minimum Gasteiger partial charge on any atom is -0.481 e. The molecule has 0 heterocycles. The van der Waals surface area contributed by atoms with Crippen molar-refractivity contribution in [1.82, 2.24) is 0 Å². The summed E-state index contributed by atoms with van der Waals surface area (Å²) < 4.78 is 0.266. The van der Waals surface area contributed by atoms with Crippen molar-refractivity contribution in [1.29, 1.82) is 0 Å². The van der Waals surface area contributed by atoms with Crippen LogP contribution in [0.4, 0.5) is 0 Å². The Morgan fingerprint density at radius 1 is 0.450 bits per heavy atom. The SMILES string of the molecule is CC/C=C/CCCCCCCCCCCCCCCCCCCC[N+](CCC(=O)O)(CCC(=O)O)CCC(=O)O. The number of hydrogen-bond donors (Lipinski definition) is 3. The zero-order valence-corrected chi connectivity index (χ0v) is 25.8. The van der Waals surface area contributed by atoms with Crippen molar-refractivity contribution < 1.29 is 34.2 Å². The van der Waals surface area contributed by atoms with Gasteiger partial charge in [0.25, 0.3) is 0 Å². The lowest BCUT2D eigenvalue weighted by atomic mass is 10.0. The molecule has 0 aliphatic carbocycles. The van der Waals surface area contributed by atoms with Crippen LogP contribution >= 0.6 is 0 Å². The summed E-state index contributed by atoms with van der Waals surface area (Å²) in [4.78, 5) is 33.4. The van der Waals surface area contributed by atoms with Gasteiger partial charge in [-0.25, -0.2) is 0 Å². The minimum atomic E-state index is -0.930. The zero-order chi connectivity index (χ0) is 29.7. The van der Waals surface area contributed by atoms with Gasteiger partial charge in [0.15, 0.2) is 0 Å². The van der Waals surface area contributed by atoms with Crippen LogP contribution in [0.25, 0.3) is 0 Å². The van der Waals surface area contributed by atoms with E-state index in [0.29, 0.717) is 6.54 Å². The maximum Gasteiger partial charge on any atom is 0.309 e. The number of quaternary nitrogens is 1. The molecule has 40 heavy (non-hydrogen) atoms. The smallest absolute Gasteiger partial charge is 0.309 e. The molecule has 0 aliphatic rings. The quantitative estimate of drug-likeness (QED) is 0.0438. The number of nitrogens with zero attached hydrogens (tertiary/aromatic N) is 1. The molecule has 234 valence electrons. The molecule has 0 amide bonds. The number of aliphatic carboxylic acids is 3. The topological polar surface area (TPSA) is 112 Å². The van der Waals surface area contributed by atoms with E-state index in [-0.39, 0.29) is 43.4 Å². The average molecular weight is 569 g/mol. The lowest BCUT2D eigenvalue weighted by Gasteiger charge is -2.38. The molecule has 7 nitrogen and oxygen atoms in total. The number of rotatable bonds is 31. The molecule has 0 aromatic carbocycles. The molecule has 0 fully saturated rings. The first-order valence-electron chi connectivity index (χ1n) is 16.5. The Labute approximate surface area is 245 Å². The second kappa shape index (κ2) is 27.3. The molecule has 0 saturated carbocycles. The molecule has 0 rings (SSSR count). The van der Waals surface area contributed by atoms with Crippen LogP contribution in [0.15, 0.2) is 12.2 Å². The van der Waals surface area contributed by atoms with Crippen LogP contribution in [-0.4, -0.2) is 63.9 Å². The first-order chi connectivity index (χ1) is 19.3. The van der Waals surface area contributed by atoms with E-state index < -0.39 is 17.9 Å². The van der Waals surface area contributed by atoms with E-state index in [4.69, 9.17) is 15.3 Å². The molecule has 3 N–H and O–H groups in total. The van der Waals surface area contributed by atoms with Crippen molar-refractivity contribution in [3.8, 4) is 0 Å². The lowest BCUT2D eigenvalue weighted by Crippen LogP contribution is -2.52. The van der Waals surface area contributed by atoms with Crippen LogP contribution in [0.2, 0.25) is 0 Å². The highest BCUT2D eigenvalue weighted by molar-refractivity contribution is 5.67. The van der Waals surface area contributed by atoms with E-state index in [2.05, 4.69) is 19.1 Å². The van der Waals surface area contributed by atoms with Gasteiger partial charge in [0.05, 0.1) is 45.4 Å². The Morgan fingerprint density at radius 2 is 0.750 bits per heavy atom. The maximum atomic E-state index is 11.1. The lowest BCUT2D eigenvalue weighted by molar-refractivity contribution is -0.927. The van der Waals surface area contributed by atoms with E-state index in [0.717, 1.165) is 25.7 Å². The van der Waals surface area contributed by atoms with E-state index >= 15 is 0 Å². The Morgan fingerprint density at radius 3 is 1.05 bits per heavy atom. The van der Waals surface area contributed by atoms with Crippen LogP contribution in [0.1, 0.15) is 155 Å². The number of carbonyl (C=O) groups is 3. The summed E-state index contributed by atoms with van der Waals surface area (Å²) in [6.07, 6.45) is 30.0. The van der Waals surface area contributed by atoms with Gasteiger partial charge in [-0.15, -0.1) is 0 Å². The third-order valence-corrected chi connectivity index (χ3v) is 8.06. The normalized spacial score (nSPS) is 11.8. The molecule has 0 radical (unpaired) electrons. The molecular weight excluding hydrogens is 506 g/mol. The highest BCUT2D eigenvalue weighted by Gasteiger charge is 2.29. The largest absolute Gasteiger partial charge is 0.481 e. The van der Waals surface area contributed by atoms with Crippen LogP contribution in [0.5, 0.6) is 0 Å². The van der Waals surface area contributed by atoms with Gasteiger partial charge in [-0.05, 0) is 32.1 Å². The predicted octanol–water partition coefficient (Wildman–Crippen LogP) is 8.61. The standard InChI is InChI=1S/C33H61NO6/c1-2-3-4-5-6-7-8-9-10-11-12-13-14-15-16-17-18-19-20-21-22-23-27-34(28-24-31(35)36,29-25-32(37)38)30-26-33(39)40/h3-4H,2,5-30H2,1H3,(H2-,35,36,37,38,39,40)/p+1/b4-3+. The first kappa shape index (κ1) is 38.1. The van der Waals surface area contributed by atoms with E-state index in [1.807, 2.05) is 0 Å². The van der Waals surface area contributed by atoms with Gasteiger partial charge in [-0.1, -0.05) is 115 Å². The molecule has 0 aromatic heterocycles. The van der Waals surface area contributed by atoms with Crippen LogP contribution in [-0.2, 0) is 14.4 Å². The number of hydrogen-bond acceptors (Lipinski definition) is 3. The van der Waals surface area contributed by atoms with Crippen molar-refractivity contribution in [3.05, 3.63) is 12.2 Å². The molecule has 0 spiro atoms. The Kier molecular flexibility index (Phi) is 26.0. The van der Waals surface area contributed by atoms with Gasteiger partial charge in [-0.2, -0.15) is 0 Å². The monoisotopic (exact) mass is 568 g/mol. The summed E-state index contributed by atoms with van der Waals surface area (Å²) in [5, 5.41) is 27.4. The van der Waals surface area contributed by atoms with E-state index in [1.54, 1.807) is 0 Å². The molecule has 0 bridgehead atoms. The predicted molar refractivity (Wildman–Crippen MR) is 164 cm³/mol. The third kappa shape index (κ3) is 26.3. The third-order valence-electron chi connectivity index (χ3n) is 8.06. The average Bonchev–Trinajstić information content (AvgIpc) is 2.92. The zero-order valence-electron chi connectivity index (χ0n) is 25.8. The first-order valence-corrected chi connectivity index (χ1v) is 16.5. The summed E-state index contributed by atoms with van der Waals surface area (Å²) in [6, 6.07) is 0. The summed E-state index contributed by atoms with van der Waals surface area (Å²) >= 11 is 0. The van der Waals surface area contributed by atoms with Gasteiger partial charge in [0.1, 0.15) is 0 Å². The fourth-order valence-electron chi connectivity index (χ4n) is 5.49. The second-order valence-corrected chi connectivity index (χ2v) is 11.7. The fraction of sp³-hybridized carbons (Fsp3) is 0.848. The van der Waals surface area contributed by atoms with Crippen molar-refractivity contribution >= 4 is 17.9 Å². The second-order valence-electron chi connectivity index (χ2n) is 11.7. The van der Waals surface area contributed by atoms with Crippen molar-refractivity contribution in [2.24, 2.45) is 0 Å². The Hall–Kier alpha value is -1.89. The molecule has 7 heteroatoms. The summed E-state index contributed by atoms with van der Waals surface area (Å²) in [5.74, 6) is -2.79. The molecular formula is C33H62NO6+. The van der Waals surface area contributed by atoms with Gasteiger partial charge in [0.2, 0.25) is 0 Å². The van der Waals surface area contributed by atoms with Crippen molar-refractivity contribution in [3.63, 3.8) is 0 Å². The molecule has 0 unspecified atom stereocenters. The summed E-state index contributed by atoms with van der Waals surface area (Å²) in [5.41, 5.74) is 0. The van der Waals surface area contributed by atoms with Crippen LogP contribution < -0.4 is 0 Å². The number of allylic oxidation sites excluding steroid dienone is 2. The maximum absolute atomic E-state index is 11.1. The fourth-order valence-corrected chi connectivity index (χ4v) is 5.49. The van der Waals surface area contributed by atoms with Crippen LogP contribution in [0.3, 0.4) is 0 Å². The summed E-state index contributed by atoms with van der Waals surface area (Å²) in [7, 11) is 0. The highest BCUT2D eigenvalue weighted by Crippen LogP contribution is 2.18. The van der Waals surface area contributed by atoms with Crippen LogP contribution in [0, 0.1) is 0 Å². The summed E-state index contributed by atoms with van der Waals surface area (Å²) in [6.45, 7) is 3.69. The Bertz CT molecular complexity index is 618. The van der Waals surface area contributed by atoms with E-state index in [1.165, 1.54) is 103 Å². The Balaban J connectivity index is 3.79. The molecule has 0 aromatic rings.